The van der Waals surface area contributed by atoms with E-state index in [0.717, 1.165) is 18.7 Å². The molecule has 0 saturated heterocycles. The predicted octanol–water partition coefficient (Wildman–Crippen LogP) is 1.14. The van der Waals surface area contributed by atoms with Gasteiger partial charge in [0.15, 0.2) is 0 Å². The minimum Gasteiger partial charge on any atom is -0.383 e. The lowest BCUT2D eigenvalue weighted by atomic mass is 10.3. The topological polar surface area (TPSA) is 50.4 Å². The molecule has 0 aliphatic heterocycles. The first-order chi connectivity index (χ1) is 7.34. The monoisotopic (exact) mass is 264 g/mol. The fourth-order valence-electron chi connectivity index (χ4n) is 1.06. The number of hydrogen-bond donors (Lipinski definition) is 2. The van der Waals surface area contributed by atoms with Gasteiger partial charge in [-0.25, -0.2) is 0 Å². The van der Waals surface area contributed by atoms with Gasteiger partial charge in [0.25, 0.3) is 5.91 Å². The average molecular weight is 265 g/mol. The van der Waals surface area contributed by atoms with E-state index in [1.165, 1.54) is 11.3 Å². The van der Waals surface area contributed by atoms with Crippen molar-refractivity contribution in [2.75, 3.05) is 33.4 Å². The molecule has 0 atom stereocenters. The van der Waals surface area contributed by atoms with Crippen LogP contribution < -0.4 is 10.6 Å². The molecule has 1 heterocycles. The summed E-state index contributed by atoms with van der Waals surface area (Å²) >= 11 is 1.53. The number of thiophene rings is 1. The van der Waals surface area contributed by atoms with Crippen molar-refractivity contribution in [2.45, 2.75) is 0 Å². The summed E-state index contributed by atoms with van der Waals surface area (Å²) in [5.41, 5.74) is 0.733. The number of methoxy groups -OCH3 is 1. The van der Waals surface area contributed by atoms with Crippen LogP contribution in [0.3, 0.4) is 0 Å². The molecular weight excluding hydrogens is 248 g/mol. The Morgan fingerprint density at radius 3 is 2.88 bits per heavy atom. The molecule has 0 aliphatic rings. The van der Waals surface area contributed by atoms with Crippen LogP contribution in [0, 0.1) is 0 Å². The molecule has 0 aromatic carbocycles. The zero-order chi connectivity index (χ0) is 10.9. The van der Waals surface area contributed by atoms with Gasteiger partial charge in [-0.15, -0.1) is 12.4 Å². The van der Waals surface area contributed by atoms with Gasteiger partial charge in [-0.05, 0) is 11.4 Å². The Labute approximate surface area is 106 Å². The van der Waals surface area contributed by atoms with Gasteiger partial charge in [0.05, 0.1) is 6.61 Å². The van der Waals surface area contributed by atoms with Crippen molar-refractivity contribution in [1.82, 2.24) is 10.6 Å². The van der Waals surface area contributed by atoms with Crippen LogP contribution in [0.2, 0.25) is 0 Å². The lowest BCUT2D eigenvalue weighted by Gasteiger charge is -2.05. The van der Waals surface area contributed by atoms with Crippen molar-refractivity contribution in [3.05, 3.63) is 22.4 Å². The van der Waals surface area contributed by atoms with E-state index in [4.69, 9.17) is 4.74 Å². The molecule has 0 aliphatic carbocycles. The van der Waals surface area contributed by atoms with Gasteiger partial charge in [0.2, 0.25) is 0 Å². The lowest BCUT2D eigenvalue weighted by molar-refractivity contribution is 0.0954. The van der Waals surface area contributed by atoms with Crippen molar-refractivity contribution >= 4 is 29.7 Å². The Kier molecular flexibility index (Phi) is 9.22. The Balaban J connectivity index is 0.00000225. The summed E-state index contributed by atoms with van der Waals surface area (Å²) in [6.07, 6.45) is 0. The first-order valence-corrected chi connectivity index (χ1v) is 5.79. The molecule has 1 rings (SSSR count). The van der Waals surface area contributed by atoms with E-state index < -0.39 is 0 Å². The van der Waals surface area contributed by atoms with Crippen molar-refractivity contribution in [2.24, 2.45) is 0 Å². The fourth-order valence-corrected chi connectivity index (χ4v) is 1.70. The van der Waals surface area contributed by atoms with Crippen molar-refractivity contribution < 1.29 is 9.53 Å². The summed E-state index contributed by atoms with van der Waals surface area (Å²) in [6, 6.07) is 1.82. The fraction of sp³-hybridized carbons (Fsp3) is 0.500. The second-order valence-electron chi connectivity index (χ2n) is 3.01. The summed E-state index contributed by atoms with van der Waals surface area (Å²) in [5.74, 6) is -0.00945. The van der Waals surface area contributed by atoms with E-state index >= 15 is 0 Å². The first-order valence-electron chi connectivity index (χ1n) is 4.84. The van der Waals surface area contributed by atoms with Gasteiger partial charge < -0.3 is 15.4 Å². The van der Waals surface area contributed by atoms with Crippen LogP contribution in [0.25, 0.3) is 0 Å². The van der Waals surface area contributed by atoms with Crippen molar-refractivity contribution in [3.63, 3.8) is 0 Å². The molecule has 0 radical (unpaired) electrons. The molecule has 0 bridgehead atoms. The first kappa shape index (κ1) is 15.4. The van der Waals surface area contributed by atoms with E-state index in [2.05, 4.69) is 10.6 Å². The Hall–Kier alpha value is -0.620. The summed E-state index contributed by atoms with van der Waals surface area (Å²) in [6.45, 7) is 2.90. The maximum absolute atomic E-state index is 11.4. The number of halogens is 1. The molecule has 1 aromatic rings. The lowest BCUT2D eigenvalue weighted by Crippen LogP contribution is -2.32. The molecule has 92 valence electrons. The molecule has 4 nitrogen and oxygen atoms in total. The van der Waals surface area contributed by atoms with Gasteiger partial charge >= 0.3 is 0 Å². The summed E-state index contributed by atoms with van der Waals surface area (Å²) in [4.78, 5) is 11.4. The van der Waals surface area contributed by atoms with Crippen LogP contribution in [0.15, 0.2) is 16.8 Å². The molecule has 0 saturated carbocycles. The van der Waals surface area contributed by atoms with Gasteiger partial charge in [-0.3, -0.25) is 4.79 Å². The SMILES string of the molecule is COCCNCCNC(=O)c1ccsc1.Cl. The maximum Gasteiger partial charge on any atom is 0.252 e. The van der Waals surface area contributed by atoms with Crippen LogP contribution in [-0.2, 0) is 4.74 Å². The van der Waals surface area contributed by atoms with Crippen LogP contribution in [0.4, 0.5) is 0 Å². The molecule has 0 fully saturated rings. The third-order valence-electron chi connectivity index (χ3n) is 1.85. The van der Waals surface area contributed by atoms with E-state index in [0.29, 0.717) is 13.2 Å². The number of carbonyl (C=O) groups is 1. The zero-order valence-corrected chi connectivity index (χ0v) is 10.8. The Bertz CT molecular complexity index is 280. The average Bonchev–Trinajstić information content (AvgIpc) is 2.76. The highest BCUT2D eigenvalue weighted by Gasteiger charge is 2.03. The Morgan fingerprint density at radius 1 is 1.44 bits per heavy atom. The van der Waals surface area contributed by atoms with E-state index in [9.17, 15) is 4.79 Å². The number of ether oxygens (including phenoxy) is 1. The molecule has 2 N–H and O–H groups in total. The van der Waals surface area contributed by atoms with Gasteiger partial charge in [0, 0.05) is 37.7 Å². The zero-order valence-electron chi connectivity index (χ0n) is 9.19. The standard InChI is InChI=1S/C10H16N2O2S.ClH/c1-14-6-5-11-3-4-12-10(13)9-2-7-15-8-9;/h2,7-8,11H,3-6H2,1H3,(H,12,13);1H. The molecule has 1 amide bonds. The highest BCUT2D eigenvalue weighted by molar-refractivity contribution is 7.08. The maximum atomic E-state index is 11.4. The second kappa shape index (κ2) is 9.59. The van der Waals surface area contributed by atoms with E-state index in [1.807, 2.05) is 16.8 Å². The minimum absolute atomic E-state index is 0. The van der Waals surface area contributed by atoms with Crippen LogP contribution in [0.1, 0.15) is 10.4 Å². The van der Waals surface area contributed by atoms with Crippen molar-refractivity contribution in [3.8, 4) is 0 Å². The normalized spacial score (nSPS) is 9.56. The van der Waals surface area contributed by atoms with Gasteiger partial charge in [-0.2, -0.15) is 11.3 Å². The molecular formula is C10H17ClN2O2S. The third-order valence-corrected chi connectivity index (χ3v) is 2.54. The molecule has 16 heavy (non-hydrogen) atoms. The molecule has 1 aromatic heterocycles. The van der Waals surface area contributed by atoms with Gasteiger partial charge in [0.1, 0.15) is 0 Å². The predicted molar refractivity (Wildman–Crippen MR) is 68.6 cm³/mol. The largest absolute Gasteiger partial charge is 0.383 e. The quantitative estimate of drug-likeness (QED) is 0.726. The highest BCUT2D eigenvalue weighted by Crippen LogP contribution is 2.04. The smallest absolute Gasteiger partial charge is 0.252 e. The van der Waals surface area contributed by atoms with E-state index in [-0.39, 0.29) is 18.3 Å². The summed E-state index contributed by atoms with van der Waals surface area (Å²) < 4.78 is 4.88. The van der Waals surface area contributed by atoms with E-state index in [1.54, 1.807) is 7.11 Å². The number of nitrogens with one attached hydrogen (secondary N) is 2. The van der Waals surface area contributed by atoms with Gasteiger partial charge in [-0.1, -0.05) is 0 Å². The number of amides is 1. The number of carbonyl (C=O) groups excluding carboxylic acids is 1. The number of rotatable bonds is 7. The van der Waals surface area contributed by atoms with Crippen molar-refractivity contribution in [1.29, 1.82) is 0 Å². The highest BCUT2D eigenvalue weighted by atomic mass is 35.5. The molecule has 6 heteroatoms. The van der Waals surface area contributed by atoms with Crippen LogP contribution in [0.5, 0.6) is 0 Å². The summed E-state index contributed by atoms with van der Waals surface area (Å²) in [7, 11) is 1.67. The van der Waals surface area contributed by atoms with Crippen LogP contribution in [-0.4, -0.2) is 39.3 Å². The summed E-state index contributed by atoms with van der Waals surface area (Å²) in [5, 5.41) is 9.71. The number of hydrogen-bond acceptors (Lipinski definition) is 4. The molecule has 0 spiro atoms. The second-order valence-corrected chi connectivity index (χ2v) is 3.79. The molecule has 0 unspecified atom stereocenters. The Morgan fingerprint density at radius 2 is 2.25 bits per heavy atom. The third kappa shape index (κ3) is 6.07. The minimum atomic E-state index is -0.00945. The van der Waals surface area contributed by atoms with Crippen LogP contribution >= 0.6 is 23.7 Å².